The Labute approximate surface area is 182 Å². The largest absolute Gasteiger partial charge is 0.546 e. The summed E-state index contributed by atoms with van der Waals surface area (Å²) >= 11 is 0. The highest BCUT2D eigenvalue weighted by atomic mass is 16.5. The quantitative estimate of drug-likeness (QED) is 0.397. The highest BCUT2D eigenvalue weighted by molar-refractivity contribution is 5.85. The van der Waals surface area contributed by atoms with Crippen LogP contribution < -0.4 is 20.2 Å². The minimum atomic E-state index is -1.30. The number of hydrogen-bond acceptors (Lipinski definition) is 6. The van der Waals surface area contributed by atoms with Crippen LogP contribution in [0.25, 0.3) is 0 Å². The van der Waals surface area contributed by atoms with Crippen molar-refractivity contribution in [3.8, 4) is 5.75 Å². The number of rotatable bonds is 9. The summed E-state index contributed by atoms with van der Waals surface area (Å²) in [5.41, 5.74) is 5.68. The van der Waals surface area contributed by atoms with Gasteiger partial charge in [-0.1, -0.05) is 42.0 Å². The number of carboxylic acids is 1. The van der Waals surface area contributed by atoms with Crippen LogP contribution in [-0.4, -0.2) is 62.3 Å². The number of carboxylic acid groups (broad SMARTS) is 1. The van der Waals surface area contributed by atoms with Crippen LogP contribution in [0.15, 0.2) is 53.6 Å². The average molecular weight is 425 g/mol. The predicted molar refractivity (Wildman–Crippen MR) is 115 cm³/mol. The third-order valence-electron chi connectivity index (χ3n) is 5.16. The van der Waals surface area contributed by atoms with Crippen LogP contribution in [0.5, 0.6) is 5.75 Å². The Morgan fingerprint density at radius 2 is 1.87 bits per heavy atom. The first-order valence-corrected chi connectivity index (χ1v) is 10.3. The Hall–Kier alpha value is -3.23. The van der Waals surface area contributed by atoms with Crippen LogP contribution in [-0.2, 0) is 16.1 Å². The van der Waals surface area contributed by atoms with Crippen molar-refractivity contribution in [2.75, 3.05) is 39.3 Å². The van der Waals surface area contributed by atoms with Gasteiger partial charge in [-0.05, 0) is 24.6 Å². The summed E-state index contributed by atoms with van der Waals surface area (Å²) in [6.45, 7) is 6.54. The molecule has 1 fully saturated rings. The normalized spacial score (nSPS) is 15.1. The van der Waals surface area contributed by atoms with Gasteiger partial charge in [-0.25, -0.2) is 5.43 Å². The van der Waals surface area contributed by atoms with Crippen molar-refractivity contribution in [1.82, 2.24) is 10.3 Å². The number of amides is 1. The molecular weight excluding hydrogens is 396 g/mol. The van der Waals surface area contributed by atoms with Gasteiger partial charge in [0.05, 0.1) is 25.3 Å². The number of ether oxygens (including phenoxy) is 1. The molecule has 0 bridgehead atoms. The number of piperazine rings is 1. The molecule has 1 saturated heterocycles. The number of nitrogens with one attached hydrogen (secondary N) is 2. The summed E-state index contributed by atoms with van der Waals surface area (Å²) in [5, 5.41) is 14.5. The maximum absolute atomic E-state index is 12.2. The molecule has 1 aliphatic heterocycles. The van der Waals surface area contributed by atoms with E-state index in [0.717, 1.165) is 32.7 Å². The summed E-state index contributed by atoms with van der Waals surface area (Å²) < 4.78 is 5.16. The van der Waals surface area contributed by atoms with E-state index < -0.39 is 12.6 Å². The fourth-order valence-corrected chi connectivity index (χ4v) is 3.45. The molecule has 8 heteroatoms. The fraction of sp³-hybridized carbons (Fsp3) is 0.348. The Morgan fingerprint density at radius 3 is 2.58 bits per heavy atom. The molecule has 0 radical (unpaired) electrons. The van der Waals surface area contributed by atoms with Gasteiger partial charge in [-0.2, -0.15) is 5.10 Å². The van der Waals surface area contributed by atoms with E-state index in [1.807, 2.05) is 0 Å². The third kappa shape index (κ3) is 7.51. The zero-order valence-electron chi connectivity index (χ0n) is 17.7. The molecule has 0 spiro atoms. The molecule has 1 heterocycles. The zero-order valence-corrected chi connectivity index (χ0v) is 17.7. The number of nitrogens with zero attached hydrogens (tertiary/aromatic N) is 2. The Balaban J connectivity index is 1.41. The monoisotopic (exact) mass is 424 g/mol. The second kappa shape index (κ2) is 11.2. The summed E-state index contributed by atoms with van der Waals surface area (Å²) in [7, 11) is 0. The van der Waals surface area contributed by atoms with Gasteiger partial charge in [0.1, 0.15) is 12.4 Å². The van der Waals surface area contributed by atoms with Crippen molar-refractivity contribution in [3.05, 3.63) is 65.2 Å². The number of para-hydroxylation sites is 1. The number of quaternary nitrogens is 1. The van der Waals surface area contributed by atoms with E-state index in [4.69, 9.17) is 4.74 Å². The van der Waals surface area contributed by atoms with Crippen molar-refractivity contribution in [2.45, 2.75) is 13.5 Å². The number of carbonyl (C=O) groups is 2. The van der Waals surface area contributed by atoms with Gasteiger partial charge in [0.2, 0.25) is 0 Å². The standard InChI is InChI=1S/C23H28N4O4/c1-18-6-8-19(9-7-18)15-26-10-12-27(13-11-26)16-22(28)25-24-14-20-4-2-3-5-21(20)31-17-23(29)30/h2-9,14H,10-13,15-17H2,1H3,(H,25,28)(H,29,30)/b24-14+. The van der Waals surface area contributed by atoms with Crippen LogP contribution in [0.1, 0.15) is 16.7 Å². The first kappa shape index (κ1) is 22.5. The predicted octanol–water partition coefficient (Wildman–Crippen LogP) is -1.03. The van der Waals surface area contributed by atoms with E-state index in [1.165, 1.54) is 22.2 Å². The van der Waals surface area contributed by atoms with E-state index >= 15 is 0 Å². The molecule has 0 atom stereocenters. The molecule has 2 aromatic carbocycles. The molecule has 2 N–H and O–H groups in total. The minimum absolute atomic E-state index is 0.161. The lowest BCUT2D eigenvalue weighted by molar-refractivity contribution is -0.896. The number of hydrogen-bond donors (Lipinski definition) is 2. The smallest absolute Gasteiger partial charge is 0.295 e. The number of benzene rings is 2. The Bertz CT molecular complexity index is 906. The second-order valence-corrected chi connectivity index (χ2v) is 7.68. The van der Waals surface area contributed by atoms with Crippen LogP contribution in [0.3, 0.4) is 0 Å². The maximum Gasteiger partial charge on any atom is 0.295 e. The Kier molecular flexibility index (Phi) is 8.14. The summed E-state index contributed by atoms with van der Waals surface area (Å²) in [5.74, 6) is -1.10. The highest BCUT2D eigenvalue weighted by Crippen LogP contribution is 2.15. The minimum Gasteiger partial charge on any atom is -0.546 e. The highest BCUT2D eigenvalue weighted by Gasteiger charge is 2.22. The van der Waals surface area contributed by atoms with E-state index in [2.05, 4.69) is 46.6 Å². The summed E-state index contributed by atoms with van der Waals surface area (Å²) in [6, 6.07) is 15.5. The second-order valence-electron chi connectivity index (χ2n) is 7.68. The first-order valence-electron chi connectivity index (χ1n) is 10.3. The van der Waals surface area contributed by atoms with Gasteiger partial charge in [0.15, 0.2) is 6.54 Å². The van der Waals surface area contributed by atoms with Crippen LogP contribution in [0.4, 0.5) is 0 Å². The van der Waals surface area contributed by atoms with Gasteiger partial charge in [-0.15, -0.1) is 0 Å². The SMILES string of the molecule is Cc1ccc(CN2CC[NH+](CC(=O)N/N=C/c3ccccc3OCC(=O)[O-])CC2)cc1. The molecule has 1 aliphatic rings. The van der Waals surface area contributed by atoms with Gasteiger partial charge in [0, 0.05) is 25.2 Å². The van der Waals surface area contributed by atoms with Crippen molar-refractivity contribution in [2.24, 2.45) is 5.10 Å². The molecule has 1 amide bonds. The number of hydrazone groups is 1. The molecule has 0 aromatic heterocycles. The summed E-state index contributed by atoms with van der Waals surface area (Å²) in [6.07, 6.45) is 1.44. The molecule has 0 saturated carbocycles. The molecule has 0 unspecified atom stereocenters. The molecule has 164 valence electrons. The first-order chi connectivity index (χ1) is 15.0. The van der Waals surface area contributed by atoms with E-state index in [9.17, 15) is 14.7 Å². The lowest BCUT2D eigenvalue weighted by Crippen LogP contribution is -3.15. The lowest BCUT2D eigenvalue weighted by atomic mass is 10.1. The lowest BCUT2D eigenvalue weighted by Gasteiger charge is -2.31. The van der Waals surface area contributed by atoms with Crippen LogP contribution in [0, 0.1) is 6.92 Å². The molecule has 31 heavy (non-hydrogen) atoms. The third-order valence-corrected chi connectivity index (χ3v) is 5.16. The van der Waals surface area contributed by atoms with Crippen molar-refractivity contribution in [1.29, 1.82) is 0 Å². The van der Waals surface area contributed by atoms with E-state index in [-0.39, 0.29) is 5.91 Å². The molecule has 0 aliphatic carbocycles. The number of carbonyl (C=O) groups excluding carboxylic acids is 2. The van der Waals surface area contributed by atoms with Gasteiger partial charge in [0.25, 0.3) is 5.91 Å². The summed E-state index contributed by atoms with van der Waals surface area (Å²) in [4.78, 5) is 26.4. The fourth-order valence-electron chi connectivity index (χ4n) is 3.45. The van der Waals surface area contributed by atoms with Gasteiger partial charge < -0.3 is 19.5 Å². The van der Waals surface area contributed by atoms with Gasteiger partial charge in [-0.3, -0.25) is 9.69 Å². The zero-order chi connectivity index (χ0) is 22.1. The van der Waals surface area contributed by atoms with Crippen molar-refractivity contribution < 1.29 is 24.3 Å². The molecule has 2 aromatic rings. The molecular formula is C23H28N4O4. The number of aryl methyl sites for hydroxylation is 1. The molecule has 8 nitrogen and oxygen atoms in total. The topological polar surface area (TPSA) is 98.5 Å². The average Bonchev–Trinajstić information content (AvgIpc) is 2.76. The molecule has 3 rings (SSSR count). The maximum atomic E-state index is 12.2. The van der Waals surface area contributed by atoms with Crippen molar-refractivity contribution in [3.63, 3.8) is 0 Å². The van der Waals surface area contributed by atoms with Crippen molar-refractivity contribution >= 4 is 18.1 Å². The van der Waals surface area contributed by atoms with Crippen LogP contribution >= 0.6 is 0 Å². The number of aliphatic carboxylic acids is 1. The van der Waals surface area contributed by atoms with E-state index in [0.29, 0.717) is 17.9 Å². The van der Waals surface area contributed by atoms with Crippen LogP contribution in [0.2, 0.25) is 0 Å². The Morgan fingerprint density at radius 1 is 1.16 bits per heavy atom. The van der Waals surface area contributed by atoms with Gasteiger partial charge >= 0.3 is 0 Å². The van der Waals surface area contributed by atoms with E-state index in [1.54, 1.807) is 24.3 Å².